The molecule has 4 heteroatoms. The van der Waals surface area contributed by atoms with E-state index in [-0.39, 0.29) is 30.0 Å². The van der Waals surface area contributed by atoms with E-state index in [9.17, 15) is 4.79 Å². The van der Waals surface area contributed by atoms with Gasteiger partial charge in [-0.2, -0.15) is 0 Å². The molecule has 0 aliphatic carbocycles. The van der Waals surface area contributed by atoms with Crippen LogP contribution in [0.5, 0.6) is 0 Å². The minimum atomic E-state index is -0.490. The quantitative estimate of drug-likeness (QED) is 0.482. The molecule has 0 heterocycles. The first-order valence-electron chi connectivity index (χ1n) is 7.71. The van der Waals surface area contributed by atoms with Gasteiger partial charge in [0.05, 0.1) is 24.2 Å². The Hall–Kier alpha value is -1.13. The zero-order valence-electron chi connectivity index (χ0n) is 15.1. The molecule has 0 amide bonds. The summed E-state index contributed by atoms with van der Waals surface area (Å²) in [4.78, 5) is 11.9. The summed E-state index contributed by atoms with van der Waals surface area (Å²) in [5.74, 6) is -0.00711. The molecule has 4 unspecified atom stereocenters. The smallest absolute Gasteiger partial charge is 0.311 e. The molecule has 22 heavy (non-hydrogen) atoms. The van der Waals surface area contributed by atoms with Crippen LogP contribution in [0.4, 0.5) is 0 Å². The summed E-state index contributed by atoms with van der Waals surface area (Å²) in [5.41, 5.74) is -0.490. The van der Waals surface area contributed by atoms with Crippen molar-refractivity contribution in [3.63, 3.8) is 0 Å². The molecule has 0 saturated heterocycles. The van der Waals surface area contributed by atoms with Crippen molar-refractivity contribution in [2.24, 2.45) is 17.3 Å². The van der Waals surface area contributed by atoms with E-state index in [1.54, 1.807) is 20.3 Å². The Bertz CT molecular complexity index is 368. The number of allylic oxidation sites excluding steroid dienone is 2. The van der Waals surface area contributed by atoms with E-state index in [4.69, 9.17) is 14.2 Å². The first-order chi connectivity index (χ1) is 10.2. The van der Waals surface area contributed by atoms with Crippen molar-refractivity contribution in [2.75, 3.05) is 20.8 Å². The van der Waals surface area contributed by atoms with Crippen LogP contribution in [0.3, 0.4) is 0 Å². The Labute approximate surface area is 135 Å². The summed E-state index contributed by atoms with van der Waals surface area (Å²) >= 11 is 0. The van der Waals surface area contributed by atoms with Gasteiger partial charge in [0.2, 0.25) is 0 Å². The molecule has 4 nitrogen and oxygen atoms in total. The molecule has 0 spiro atoms. The van der Waals surface area contributed by atoms with Gasteiger partial charge in [-0.3, -0.25) is 4.79 Å². The van der Waals surface area contributed by atoms with Crippen molar-refractivity contribution in [1.82, 2.24) is 0 Å². The Kier molecular flexibility index (Phi) is 9.30. The molecule has 0 aromatic rings. The molecule has 0 aliphatic heterocycles. The van der Waals surface area contributed by atoms with Crippen molar-refractivity contribution in [2.45, 2.75) is 46.8 Å². The molecule has 0 bridgehead atoms. The van der Waals surface area contributed by atoms with Crippen molar-refractivity contribution in [3.8, 4) is 0 Å². The van der Waals surface area contributed by atoms with E-state index in [2.05, 4.69) is 13.5 Å². The summed E-state index contributed by atoms with van der Waals surface area (Å²) < 4.78 is 16.5. The lowest BCUT2D eigenvalue weighted by Crippen LogP contribution is -2.38. The SMILES string of the molecule is C=CC=CC(OC)C(C)C(OC)C(C)COC(=O)C(C)(C)C. The van der Waals surface area contributed by atoms with Crippen LogP contribution in [0.25, 0.3) is 0 Å². The lowest BCUT2D eigenvalue weighted by Gasteiger charge is -2.32. The number of esters is 1. The van der Waals surface area contributed by atoms with Crippen molar-refractivity contribution in [1.29, 1.82) is 0 Å². The second-order valence-corrected chi connectivity index (χ2v) is 6.71. The van der Waals surface area contributed by atoms with Crippen molar-refractivity contribution >= 4 is 5.97 Å². The molecule has 0 aromatic heterocycles. The normalized spacial score (nSPS) is 17.8. The van der Waals surface area contributed by atoms with Gasteiger partial charge in [-0.15, -0.1) is 0 Å². The van der Waals surface area contributed by atoms with Gasteiger partial charge in [-0.05, 0) is 20.8 Å². The second kappa shape index (κ2) is 9.80. The van der Waals surface area contributed by atoms with Crippen LogP contribution in [0.1, 0.15) is 34.6 Å². The zero-order chi connectivity index (χ0) is 17.3. The van der Waals surface area contributed by atoms with Crippen LogP contribution in [0.2, 0.25) is 0 Å². The maximum Gasteiger partial charge on any atom is 0.311 e. The van der Waals surface area contributed by atoms with Crippen LogP contribution in [0, 0.1) is 17.3 Å². The fourth-order valence-corrected chi connectivity index (χ4v) is 2.33. The number of hydrogen-bond acceptors (Lipinski definition) is 4. The number of rotatable bonds is 9. The monoisotopic (exact) mass is 312 g/mol. The minimum absolute atomic E-state index is 0.0704. The Morgan fingerprint density at radius 3 is 2.18 bits per heavy atom. The summed E-state index contributed by atoms with van der Waals surface area (Å²) in [6, 6.07) is 0. The van der Waals surface area contributed by atoms with Crippen LogP contribution in [0.15, 0.2) is 24.8 Å². The van der Waals surface area contributed by atoms with E-state index in [1.165, 1.54) is 0 Å². The van der Waals surface area contributed by atoms with E-state index in [0.717, 1.165) is 0 Å². The molecule has 0 fully saturated rings. The lowest BCUT2D eigenvalue weighted by molar-refractivity contribution is -0.156. The van der Waals surface area contributed by atoms with E-state index in [1.807, 2.05) is 39.8 Å². The second-order valence-electron chi connectivity index (χ2n) is 6.71. The van der Waals surface area contributed by atoms with Gasteiger partial charge in [0.25, 0.3) is 0 Å². The predicted molar refractivity (Wildman–Crippen MR) is 89.7 cm³/mol. The topological polar surface area (TPSA) is 44.8 Å². The molecule has 0 aliphatic rings. The standard InChI is InChI=1S/C18H32O4/c1-9-10-11-15(20-7)14(3)16(21-8)13(2)12-22-17(19)18(4,5)6/h9-11,13-16H,1,12H2,2-8H3. The third-order valence-corrected chi connectivity index (χ3v) is 3.67. The zero-order valence-corrected chi connectivity index (χ0v) is 15.1. The maximum absolute atomic E-state index is 11.9. The van der Waals surface area contributed by atoms with Gasteiger partial charge in [-0.1, -0.05) is 38.7 Å². The molecule has 128 valence electrons. The number of methoxy groups -OCH3 is 2. The summed E-state index contributed by atoms with van der Waals surface area (Å²) in [5, 5.41) is 0. The van der Waals surface area contributed by atoms with E-state index >= 15 is 0 Å². The highest BCUT2D eigenvalue weighted by atomic mass is 16.5. The van der Waals surface area contributed by atoms with Gasteiger partial charge in [0.15, 0.2) is 0 Å². The highest BCUT2D eigenvalue weighted by Gasteiger charge is 2.31. The molecule has 0 saturated carbocycles. The fourth-order valence-electron chi connectivity index (χ4n) is 2.33. The molecule has 0 N–H and O–H groups in total. The van der Waals surface area contributed by atoms with Gasteiger partial charge >= 0.3 is 5.97 Å². The molecule has 4 atom stereocenters. The van der Waals surface area contributed by atoms with Crippen molar-refractivity contribution in [3.05, 3.63) is 24.8 Å². The number of ether oxygens (including phenoxy) is 3. The molecular formula is C18H32O4. The van der Waals surface area contributed by atoms with E-state index < -0.39 is 5.41 Å². The highest BCUT2D eigenvalue weighted by molar-refractivity contribution is 5.75. The Morgan fingerprint density at radius 2 is 1.77 bits per heavy atom. The first-order valence-corrected chi connectivity index (χ1v) is 7.71. The lowest BCUT2D eigenvalue weighted by atomic mass is 9.89. The average Bonchev–Trinajstić information content (AvgIpc) is 2.45. The Morgan fingerprint density at radius 1 is 1.18 bits per heavy atom. The third-order valence-electron chi connectivity index (χ3n) is 3.67. The molecule has 0 rings (SSSR count). The number of carbonyl (C=O) groups excluding carboxylic acids is 1. The van der Waals surface area contributed by atoms with Crippen LogP contribution in [-0.2, 0) is 19.0 Å². The maximum atomic E-state index is 11.9. The van der Waals surface area contributed by atoms with E-state index in [0.29, 0.717) is 6.61 Å². The third kappa shape index (κ3) is 6.75. The van der Waals surface area contributed by atoms with Gasteiger partial charge < -0.3 is 14.2 Å². The molecule has 0 aromatic carbocycles. The first kappa shape index (κ1) is 20.9. The molecule has 0 radical (unpaired) electrons. The summed E-state index contributed by atoms with van der Waals surface area (Å²) in [7, 11) is 3.35. The van der Waals surface area contributed by atoms with Gasteiger partial charge in [-0.25, -0.2) is 0 Å². The summed E-state index contributed by atoms with van der Waals surface area (Å²) in [6.45, 7) is 13.6. The molecular weight excluding hydrogens is 280 g/mol. The largest absolute Gasteiger partial charge is 0.465 e. The van der Waals surface area contributed by atoms with Crippen LogP contribution in [-0.4, -0.2) is 39.0 Å². The highest BCUT2D eigenvalue weighted by Crippen LogP contribution is 2.24. The van der Waals surface area contributed by atoms with Gasteiger partial charge in [0, 0.05) is 26.1 Å². The predicted octanol–water partition coefficient (Wildman–Crippen LogP) is 3.62. The fraction of sp³-hybridized carbons (Fsp3) is 0.722. The summed E-state index contributed by atoms with van der Waals surface area (Å²) in [6.07, 6.45) is 5.38. The van der Waals surface area contributed by atoms with Crippen molar-refractivity contribution < 1.29 is 19.0 Å². The number of carbonyl (C=O) groups is 1. The van der Waals surface area contributed by atoms with Crippen LogP contribution >= 0.6 is 0 Å². The minimum Gasteiger partial charge on any atom is -0.465 e. The average molecular weight is 312 g/mol. The Balaban J connectivity index is 4.75. The number of hydrogen-bond donors (Lipinski definition) is 0. The van der Waals surface area contributed by atoms with Crippen LogP contribution < -0.4 is 0 Å². The van der Waals surface area contributed by atoms with Gasteiger partial charge in [0.1, 0.15) is 0 Å².